The number of carbonyl (C=O) groups is 1. The Kier molecular flexibility index (Phi) is 3.55. The number of hydrogen-bond acceptors (Lipinski definition) is 2. The van der Waals surface area contributed by atoms with E-state index in [2.05, 4.69) is 0 Å². The Hall–Kier alpha value is -2.30. The van der Waals surface area contributed by atoms with Gasteiger partial charge in [0.05, 0.1) is 12.7 Å². The minimum Gasteiger partial charge on any atom is -0.497 e. The van der Waals surface area contributed by atoms with Gasteiger partial charge >= 0.3 is 0 Å². The maximum absolute atomic E-state index is 13.7. The summed E-state index contributed by atoms with van der Waals surface area (Å²) in [5, 5.41) is 0. The summed E-state index contributed by atoms with van der Waals surface area (Å²) in [4.78, 5) is 12.0. The minimum absolute atomic E-state index is 0.249. The molecule has 0 radical (unpaired) electrons. The van der Waals surface area contributed by atoms with Gasteiger partial charge in [0.15, 0.2) is 5.78 Å². The van der Waals surface area contributed by atoms with Crippen LogP contribution < -0.4 is 4.74 Å². The summed E-state index contributed by atoms with van der Waals surface area (Å²) < 4.78 is 44.5. The van der Waals surface area contributed by atoms with Gasteiger partial charge in [-0.2, -0.15) is 0 Å². The van der Waals surface area contributed by atoms with E-state index in [1.54, 1.807) is 0 Å². The molecule has 2 nitrogen and oxygen atoms in total. The van der Waals surface area contributed by atoms with Gasteiger partial charge in [0, 0.05) is 17.7 Å². The quantitative estimate of drug-likeness (QED) is 0.796. The summed E-state index contributed by atoms with van der Waals surface area (Å²) in [6.07, 6.45) is 0. The van der Waals surface area contributed by atoms with Crippen molar-refractivity contribution in [2.75, 3.05) is 7.11 Å². The van der Waals surface area contributed by atoms with Gasteiger partial charge in [-0.25, -0.2) is 13.2 Å². The van der Waals surface area contributed by atoms with Crippen molar-refractivity contribution in [2.24, 2.45) is 0 Å². The first-order valence-electron chi connectivity index (χ1n) is 5.35. The first kappa shape index (κ1) is 13.1. The van der Waals surface area contributed by atoms with Crippen LogP contribution in [-0.2, 0) is 0 Å². The molecule has 19 heavy (non-hydrogen) atoms. The molecular formula is C14H9F3O2. The fraction of sp³-hybridized carbons (Fsp3) is 0.0714. The van der Waals surface area contributed by atoms with Gasteiger partial charge in [-0.3, -0.25) is 4.79 Å². The summed E-state index contributed by atoms with van der Waals surface area (Å²) in [7, 11) is 1.36. The molecule has 2 aromatic carbocycles. The molecule has 0 saturated heterocycles. The van der Waals surface area contributed by atoms with E-state index in [9.17, 15) is 18.0 Å². The van der Waals surface area contributed by atoms with Gasteiger partial charge in [-0.05, 0) is 24.3 Å². The number of carbonyl (C=O) groups excluding carboxylic acids is 1. The van der Waals surface area contributed by atoms with Crippen LogP contribution >= 0.6 is 0 Å². The second-order valence-corrected chi connectivity index (χ2v) is 3.83. The Bertz CT molecular complexity index is 618. The molecule has 0 fully saturated rings. The minimum atomic E-state index is -0.891. The molecule has 0 saturated carbocycles. The molecule has 0 N–H and O–H groups in total. The highest BCUT2D eigenvalue weighted by Gasteiger charge is 2.16. The number of benzene rings is 2. The number of rotatable bonds is 3. The van der Waals surface area contributed by atoms with Crippen LogP contribution in [0.4, 0.5) is 13.2 Å². The summed E-state index contributed by atoms with van der Waals surface area (Å²) in [5.41, 5.74) is -0.521. The van der Waals surface area contributed by atoms with Gasteiger partial charge in [0.25, 0.3) is 0 Å². The van der Waals surface area contributed by atoms with E-state index in [4.69, 9.17) is 4.74 Å². The van der Waals surface area contributed by atoms with Crippen LogP contribution in [0.2, 0.25) is 0 Å². The molecular weight excluding hydrogens is 257 g/mol. The average molecular weight is 266 g/mol. The number of methoxy groups -OCH3 is 1. The predicted molar refractivity (Wildman–Crippen MR) is 62.7 cm³/mol. The van der Waals surface area contributed by atoms with E-state index < -0.39 is 23.2 Å². The normalized spacial score (nSPS) is 10.3. The van der Waals surface area contributed by atoms with Crippen molar-refractivity contribution >= 4 is 5.78 Å². The largest absolute Gasteiger partial charge is 0.497 e. The molecule has 0 heterocycles. The molecule has 98 valence electrons. The van der Waals surface area contributed by atoms with Crippen molar-refractivity contribution in [1.29, 1.82) is 0 Å². The Labute approximate surface area is 107 Å². The Morgan fingerprint density at radius 1 is 1.00 bits per heavy atom. The molecule has 0 atom stereocenters. The summed E-state index contributed by atoms with van der Waals surface area (Å²) >= 11 is 0. The van der Waals surface area contributed by atoms with Gasteiger partial charge in [-0.15, -0.1) is 0 Å². The summed E-state index contributed by atoms with van der Waals surface area (Å²) in [5.74, 6) is -3.14. The van der Waals surface area contributed by atoms with E-state index >= 15 is 0 Å². The summed E-state index contributed by atoms with van der Waals surface area (Å²) in [6, 6.07) is 5.99. The van der Waals surface area contributed by atoms with Gasteiger partial charge in [0.2, 0.25) is 0 Å². The fourth-order valence-corrected chi connectivity index (χ4v) is 1.65. The molecule has 2 aromatic rings. The Morgan fingerprint density at radius 3 is 2.16 bits per heavy atom. The molecule has 0 aliphatic carbocycles. The number of ether oxygens (including phenoxy) is 1. The maximum Gasteiger partial charge on any atom is 0.196 e. The monoisotopic (exact) mass is 266 g/mol. The lowest BCUT2D eigenvalue weighted by atomic mass is 10.0. The molecule has 0 unspecified atom stereocenters. The summed E-state index contributed by atoms with van der Waals surface area (Å²) in [6.45, 7) is 0. The topological polar surface area (TPSA) is 26.3 Å². The molecule has 5 heteroatoms. The lowest BCUT2D eigenvalue weighted by Crippen LogP contribution is -2.05. The fourth-order valence-electron chi connectivity index (χ4n) is 1.65. The van der Waals surface area contributed by atoms with Crippen LogP contribution in [0.15, 0.2) is 36.4 Å². The lowest BCUT2D eigenvalue weighted by Gasteiger charge is -2.05. The zero-order valence-electron chi connectivity index (χ0n) is 9.91. The molecule has 0 bridgehead atoms. The smallest absolute Gasteiger partial charge is 0.196 e. The Balaban J connectivity index is 2.44. The van der Waals surface area contributed by atoms with Crippen molar-refractivity contribution in [2.45, 2.75) is 0 Å². The second-order valence-electron chi connectivity index (χ2n) is 3.83. The highest BCUT2D eigenvalue weighted by Crippen LogP contribution is 2.20. The zero-order valence-corrected chi connectivity index (χ0v) is 9.91. The van der Waals surface area contributed by atoms with Gasteiger partial charge < -0.3 is 4.74 Å². The van der Waals surface area contributed by atoms with Crippen molar-refractivity contribution in [1.82, 2.24) is 0 Å². The predicted octanol–water partition coefficient (Wildman–Crippen LogP) is 3.34. The van der Waals surface area contributed by atoms with E-state index in [0.29, 0.717) is 6.07 Å². The maximum atomic E-state index is 13.7. The zero-order chi connectivity index (χ0) is 14.0. The standard InChI is InChI=1S/C14H9F3O2/c1-19-11-2-3-12(13(17)7-11)14(18)8-4-9(15)6-10(16)5-8/h2-7H,1H3. The average Bonchev–Trinajstić information content (AvgIpc) is 2.36. The lowest BCUT2D eigenvalue weighted by molar-refractivity contribution is 0.103. The van der Waals surface area contributed by atoms with Gasteiger partial charge in [-0.1, -0.05) is 0 Å². The third-order valence-electron chi connectivity index (χ3n) is 2.55. The number of ketones is 1. The highest BCUT2D eigenvalue weighted by atomic mass is 19.1. The first-order chi connectivity index (χ1) is 9.01. The molecule has 2 rings (SSSR count). The Morgan fingerprint density at radius 2 is 1.63 bits per heavy atom. The highest BCUT2D eigenvalue weighted by molar-refractivity contribution is 6.09. The number of halogens is 3. The molecule has 0 aliphatic rings. The molecule has 0 aromatic heterocycles. The molecule has 0 aliphatic heterocycles. The van der Waals surface area contributed by atoms with E-state index in [0.717, 1.165) is 18.2 Å². The van der Waals surface area contributed by atoms with E-state index in [1.807, 2.05) is 0 Å². The molecule has 0 spiro atoms. The van der Waals surface area contributed by atoms with Crippen LogP contribution in [0.5, 0.6) is 5.75 Å². The third kappa shape index (κ3) is 2.76. The van der Waals surface area contributed by atoms with Crippen LogP contribution in [0.3, 0.4) is 0 Å². The van der Waals surface area contributed by atoms with Crippen LogP contribution in [-0.4, -0.2) is 12.9 Å². The second kappa shape index (κ2) is 5.14. The van der Waals surface area contributed by atoms with Gasteiger partial charge in [0.1, 0.15) is 23.2 Å². The van der Waals surface area contributed by atoms with Crippen molar-refractivity contribution in [3.05, 3.63) is 65.0 Å². The van der Waals surface area contributed by atoms with Crippen LogP contribution in [0.1, 0.15) is 15.9 Å². The van der Waals surface area contributed by atoms with Crippen molar-refractivity contribution in [3.63, 3.8) is 0 Å². The van der Waals surface area contributed by atoms with Crippen LogP contribution in [0, 0.1) is 17.5 Å². The van der Waals surface area contributed by atoms with E-state index in [-0.39, 0.29) is 16.9 Å². The van der Waals surface area contributed by atoms with E-state index in [1.165, 1.54) is 19.2 Å². The van der Waals surface area contributed by atoms with Crippen molar-refractivity contribution < 1.29 is 22.7 Å². The van der Waals surface area contributed by atoms with Crippen LogP contribution in [0.25, 0.3) is 0 Å². The first-order valence-corrected chi connectivity index (χ1v) is 5.35. The SMILES string of the molecule is COc1ccc(C(=O)c2cc(F)cc(F)c2)c(F)c1. The molecule has 0 amide bonds. The van der Waals surface area contributed by atoms with Crippen molar-refractivity contribution in [3.8, 4) is 5.75 Å². The third-order valence-corrected chi connectivity index (χ3v) is 2.55. The number of hydrogen-bond donors (Lipinski definition) is 0.